The quantitative estimate of drug-likeness (QED) is 0.576. The van der Waals surface area contributed by atoms with Crippen molar-refractivity contribution >= 4 is 13.5 Å². The van der Waals surface area contributed by atoms with Crippen molar-refractivity contribution in [2.24, 2.45) is 0 Å². The maximum absolute atomic E-state index is 12.8. The number of hydrogen-bond acceptors (Lipinski definition) is 6. The van der Waals surface area contributed by atoms with Crippen molar-refractivity contribution in [2.45, 2.75) is 12.4 Å². The van der Waals surface area contributed by atoms with Crippen LogP contribution < -0.4 is 5.17 Å². The molecule has 0 atom stereocenters. The molecule has 3 heterocycles. The minimum Gasteiger partial charge on any atom is -0.222 e. The maximum Gasteiger partial charge on any atom is 0.538 e. The summed E-state index contributed by atoms with van der Waals surface area (Å²) in [4.78, 5) is 0. The number of benzene rings is 1. The molecule has 0 radical (unpaired) electrons. The lowest BCUT2D eigenvalue weighted by atomic mass is 10.1. The highest BCUT2D eigenvalue weighted by Gasteiger charge is 2.61. The molecule has 0 aliphatic carbocycles. The third kappa shape index (κ3) is 2.38. The van der Waals surface area contributed by atoms with E-state index in [0.29, 0.717) is 0 Å². The van der Waals surface area contributed by atoms with Crippen molar-refractivity contribution in [3.63, 3.8) is 0 Å². The zero-order chi connectivity index (χ0) is 15.6. The highest BCUT2D eigenvalue weighted by molar-refractivity contribution is 7.49. The number of nitrogens with zero attached hydrogens (tertiary/aromatic N) is 2. The first kappa shape index (κ1) is 14.6. The summed E-state index contributed by atoms with van der Waals surface area (Å²) in [6.45, 7) is 0. The second kappa shape index (κ2) is 4.11. The topological polar surface area (TPSA) is 51.2 Å². The Bertz CT molecular complexity index is 637. The molecule has 13 heteroatoms. The smallest absolute Gasteiger partial charge is 0.222 e. The molecule has 1 aromatic carbocycles. The number of hydrogen-bond donors (Lipinski definition) is 0. The van der Waals surface area contributed by atoms with E-state index in [2.05, 4.69) is 13.9 Å². The molecule has 2 bridgehead atoms. The number of fused-ring (bicyclic) bond motifs is 1. The van der Waals surface area contributed by atoms with Gasteiger partial charge in [-0.05, 0) is 18.2 Å². The first-order valence-electron chi connectivity index (χ1n) is 5.07. The van der Waals surface area contributed by atoms with Gasteiger partial charge in [0.2, 0.25) is 0 Å². The van der Waals surface area contributed by atoms with Crippen LogP contribution in [0.3, 0.4) is 0 Å². The van der Waals surface area contributed by atoms with Crippen LogP contribution in [0.4, 0.5) is 32.0 Å². The molecular formula is C8H3F6N2O4P. The fourth-order valence-corrected chi connectivity index (χ4v) is 2.52. The van der Waals surface area contributed by atoms with Gasteiger partial charge in [-0.25, -0.2) is 4.57 Å². The van der Waals surface area contributed by atoms with E-state index >= 15 is 0 Å². The van der Waals surface area contributed by atoms with Gasteiger partial charge in [0.1, 0.15) is 5.69 Å². The molecule has 3 aliphatic heterocycles. The summed E-state index contributed by atoms with van der Waals surface area (Å²) in [7, 11) is -4.05. The first-order valence-corrected chi connectivity index (χ1v) is 6.53. The molecule has 3 saturated heterocycles. The van der Waals surface area contributed by atoms with Crippen molar-refractivity contribution < 1.29 is 44.8 Å². The summed E-state index contributed by atoms with van der Waals surface area (Å²) in [5, 5.41) is 0.268. The maximum atomic E-state index is 12.8. The third-order valence-electron chi connectivity index (χ3n) is 2.50. The Hall–Kier alpha value is -1.33. The molecule has 3 fully saturated rings. The summed E-state index contributed by atoms with van der Waals surface area (Å²) < 4.78 is 101. The van der Waals surface area contributed by atoms with E-state index in [1.165, 1.54) is 0 Å². The fourth-order valence-electron chi connectivity index (χ4n) is 1.64. The van der Waals surface area contributed by atoms with Crippen LogP contribution in [0.2, 0.25) is 0 Å². The van der Waals surface area contributed by atoms with Gasteiger partial charge in [-0.1, -0.05) is 0 Å². The molecular weight excluding hydrogens is 333 g/mol. The monoisotopic (exact) mass is 336 g/mol. The number of anilines is 1. The lowest BCUT2D eigenvalue weighted by molar-refractivity contribution is -0.319. The van der Waals surface area contributed by atoms with Gasteiger partial charge in [0.15, 0.2) is 0 Å². The Morgan fingerprint density at radius 3 is 2.00 bits per heavy atom. The van der Waals surface area contributed by atoms with E-state index in [-0.39, 0.29) is 28.7 Å². The average Bonchev–Trinajstić information content (AvgIpc) is 2.79. The van der Waals surface area contributed by atoms with Gasteiger partial charge in [0, 0.05) is 0 Å². The van der Waals surface area contributed by atoms with Crippen molar-refractivity contribution in [3.8, 4) is 0 Å². The average molecular weight is 336 g/mol. The van der Waals surface area contributed by atoms with Crippen molar-refractivity contribution in [3.05, 3.63) is 29.3 Å². The second-order valence-electron chi connectivity index (χ2n) is 3.93. The van der Waals surface area contributed by atoms with E-state index in [9.17, 15) is 30.9 Å². The van der Waals surface area contributed by atoms with Crippen LogP contribution in [0, 0.1) is 0 Å². The predicted molar refractivity (Wildman–Crippen MR) is 51.6 cm³/mol. The Kier molecular flexibility index (Phi) is 2.86. The number of alkyl halides is 6. The zero-order valence-electron chi connectivity index (χ0n) is 9.47. The molecule has 3 aliphatic rings. The lowest BCUT2D eigenvalue weighted by Crippen LogP contribution is -2.35. The van der Waals surface area contributed by atoms with Crippen LogP contribution >= 0.6 is 7.82 Å². The Morgan fingerprint density at radius 2 is 1.57 bits per heavy atom. The van der Waals surface area contributed by atoms with Crippen LogP contribution in [-0.4, -0.2) is 5.34 Å². The van der Waals surface area contributed by atoms with Crippen LogP contribution in [0.25, 0.3) is 0 Å². The van der Waals surface area contributed by atoms with Crippen molar-refractivity contribution in [2.75, 3.05) is 5.17 Å². The van der Waals surface area contributed by atoms with E-state index in [1.54, 1.807) is 0 Å². The molecule has 6 nitrogen and oxygen atoms in total. The van der Waals surface area contributed by atoms with Crippen molar-refractivity contribution in [1.82, 2.24) is 5.34 Å². The molecule has 21 heavy (non-hydrogen) atoms. The van der Waals surface area contributed by atoms with Gasteiger partial charge < -0.3 is 0 Å². The van der Waals surface area contributed by atoms with Gasteiger partial charge in [-0.15, -0.1) is 19.0 Å². The summed E-state index contributed by atoms with van der Waals surface area (Å²) in [6.07, 6.45) is -9.84. The van der Waals surface area contributed by atoms with Crippen LogP contribution in [-0.2, 0) is 30.8 Å². The van der Waals surface area contributed by atoms with Gasteiger partial charge in [-0.3, -0.25) is 0 Å². The Morgan fingerprint density at radius 1 is 0.952 bits per heavy atom. The highest BCUT2D eigenvalue weighted by Crippen LogP contribution is 2.68. The third-order valence-corrected chi connectivity index (χ3v) is 3.54. The molecule has 0 saturated carbocycles. The molecule has 1 aromatic rings. The molecule has 0 N–H and O–H groups in total. The van der Waals surface area contributed by atoms with Gasteiger partial charge in [-0.2, -0.15) is 26.3 Å². The summed E-state index contributed by atoms with van der Waals surface area (Å²) in [5.74, 6) is 0. The summed E-state index contributed by atoms with van der Waals surface area (Å²) in [5.41, 5.74) is -3.85. The summed E-state index contributed by atoms with van der Waals surface area (Å²) >= 11 is 0. The standard InChI is InChI=1S/C8H3F6N2O4P/c9-7(10,11)4-1-2-5(8(12,13)14)6(3-4)15-16-19-21(17,18-15)20-16/h1-3H. The Balaban J connectivity index is 2.09. The van der Waals surface area contributed by atoms with Crippen LogP contribution in [0.1, 0.15) is 11.1 Å². The predicted octanol–water partition coefficient (Wildman–Crippen LogP) is 3.68. The molecule has 4 rings (SSSR count). The number of halogens is 6. The van der Waals surface area contributed by atoms with E-state index < -0.39 is 37.0 Å². The summed E-state index contributed by atoms with van der Waals surface area (Å²) in [6, 6.07) is 0.684. The molecule has 0 amide bonds. The number of hydrazine groups is 1. The molecule has 0 unspecified atom stereocenters. The van der Waals surface area contributed by atoms with Crippen molar-refractivity contribution in [1.29, 1.82) is 0 Å². The molecule has 116 valence electrons. The first-order chi connectivity index (χ1) is 9.50. The fraction of sp³-hybridized carbons (Fsp3) is 0.250. The van der Waals surface area contributed by atoms with Crippen LogP contribution in [0.5, 0.6) is 0 Å². The van der Waals surface area contributed by atoms with Crippen LogP contribution in [0.15, 0.2) is 18.2 Å². The second-order valence-corrected chi connectivity index (χ2v) is 5.31. The molecule has 0 spiro atoms. The largest absolute Gasteiger partial charge is 0.538 e. The van der Waals surface area contributed by atoms with Gasteiger partial charge in [0.25, 0.3) is 0 Å². The van der Waals surface area contributed by atoms with E-state index in [0.717, 1.165) is 0 Å². The van der Waals surface area contributed by atoms with Gasteiger partial charge >= 0.3 is 20.2 Å². The zero-order valence-corrected chi connectivity index (χ0v) is 10.4. The Labute approximate surface area is 111 Å². The highest BCUT2D eigenvalue weighted by atomic mass is 31.2. The minimum atomic E-state index is -4.97. The van der Waals surface area contributed by atoms with Gasteiger partial charge in [0.05, 0.1) is 16.5 Å². The lowest BCUT2D eigenvalue weighted by Gasteiger charge is -2.24. The van der Waals surface area contributed by atoms with E-state index in [4.69, 9.17) is 0 Å². The number of phosphoric acid groups is 1. The molecule has 0 aromatic heterocycles. The minimum absolute atomic E-state index is 0.110. The normalized spacial score (nSPS) is 28.7. The number of rotatable bonds is 1. The van der Waals surface area contributed by atoms with E-state index in [1.807, 2.05) is 0 Å². The SMILES string of the molecule is O=P12ON(O1)N(c1cc(C(F)(F)F)ccc1C(F)(F)F)O2.